The molecule has 0 unspecified atom stereocenters. The zero-order chi connectivity index (χ0) is 17.4. The number of para-hydroxylation sites is 1. The summed E-state index contributed by atoms with van der Waals surface area (Å²) >= 11 is 1.97. The fourth-order valence-corrected chi connectivity index (χ4v) is 4.91. The monoisotopic (exact) mass is 351 g/mol. The van der Waals surface area contributed by atoms with Crippen LogP contribution in [0.15, 0.2) is 42.6 Å². The third-order valence-electron chi connectivity index (χ3n) is 4.67. The summed E-state index contributed by atoms with van der Waals surface area (Å²) in [5, 5.41) is 2.74. The van der Waals surface area contributed by atoms with Crippen LogP contribution in [0.3, 0.4) is 0 Å². The Kier molecular flexibility index (Phi) is 4.48. The van der Waals surface area contributed by atoms with Gasteiger partial charge in [0.25, 0.3) is 0 Å². The van der Waals surface area contributed by atoms with Gasteiger partial charge in [0.2, 0.25) is 0 Å². The van der Waals surface area contributed by atoms with Crippen molar-refractivity contribution >= 4 is 27.2 Å². The molecular weight excluding hydrogens is 326 g/mol. The van der Waals surface area contributed by atoms with E-state index in [1.54, 1.807) is 0 Å². The average molecular weight is 352 g/mol. The van der Waals surface area contributed by atoms with Crippen LogP contribution in [0, 0.1) is 5.92 Å². The summed E-state index contributed by atoms with van der Waals surface area (Å²) in [5.41, 5.74) is 3.93. The standard InChI is InChI=1S/C21H25N3S/c1-15(2)12-24-14-23(3)13-17-11-18(25-21(17)24)10-16-8-9-22-20-7-5-4-6-19(16)20/h4-9,11,15H,10,12-14H2,1-3H3. The molecule has 3 heterocycles. The molecule has 0 bridgehead atoms. The lowest BCUT2D eigenvalue weighted by molar-refractivity contribution is 0.305. The Labute approximate surface area is 153 Å². The predicted molar refractivity (Wildman–Crippen MR) is 107 cm³/mol. The van der Waals surface area contributed by atoms with Crippen molar-refractivity contribution in [3.8, 4) is 0 Å². The third kappa shape index (κ3) is 3.42. The van der Waals surface area contributed by atoms with E-state index in [9.17, 15) is 0 Å². The maximum atomic E-state index is 4.49. The normalized spacial score (nSPS) is 15.1. The molecular formula is C21H25N3S. The smallest absolute Gasteiger partial charge is 0.0967 e. The number of hydrogen-bond donors (Lipinski definition) is 0. The van der Waals surface area contributed by atoms with Gasteiger partial charge in [0.1, 0.15) is 0 Å². The van der Waals surface area contributed by atoms with Gasteiger partial charge in [0, 0.05) is 41.5 Å². The third-order valence-corrected chi connectivity index (χ3v) is 5.90. The van der Waals surface area contributed by atoms with Crippen molar-refractivity contribution < 1.29 is 0 Å². The van der Waals surface area contributed by atoms with Crippen LogP contribution in [-0.4, -0.2) is 30.1 Å². The first-order chi connectivity index (χ1) is 12.1. The van der Waals surface area contributed by atoms with Gasteiger partial charge in [-0.15, -0.1) is 11.3 Å². The zero-order valence-electron chi connectivity index (χ0n) is 15.2. The Balaban J connectivity index is 1.66. The highest BCUT2D eigenvalue weighted by molar-refractivity contribution is 7.16. The molecule has 4 heteroatoms. The van der Waals surface area contributed by atoms with E-state index in [-0.39, 0.29) is 0 Å². The summed E-state index contributed by atoms with van der Waals surface area (Å²) in [6.45, 7) is 7.80. The molecule has 0 N–H and O–H groups in total. The lowest BCUT2D eigenvalue weighted by Crippen LogP contribution is -2.41. The molecule has 3 aromatic rings. The van der Waals surface area contributed by atoms with E-state index in [1.807, 2.05) is 17.5 Å². The van der Waals surface area contributed by atoms with Crippen LogP contribution in [0.2, 0.25) is 0 Å². The highest BCUT2D eigenvalue weighted by atomic mass is 32.1. The summed E-state index contributed by atoms with van der Waals surface area (Å²) in [6, 6.07) is 13.0. The Hall–Kier alpha value is -1.91. The molecule has 0 atom stereocenters. The van der Waals surface area contributed by atoms with Crippen LogP contribution in [0.25, 0.3) is 10.9 Å². The number of benzene rings is 1. The molecule has 25 heavy (non-hydrogen) atoms. The lowest BCUT2D eigenvalue weighted by atomic mass is 10.1. The van der Waals surface area contributed by atoms with Crippen LogP contribution in [0.5, 0.6) is 0 Å². The van der Waals surface area contributed by atoms with Gasteiger partial charge in [-0.3, -0.25) is 9.88 Å². The van der Waals surface area contributed by atoms with E-state index in [0.717, 1.165) is 31.7 Å². The molecule has 0 aliphatic carbocycles. The molecule has 2 aromatic heterocycles. The summed E-state index contributed by atoms with van der Waals surface area (Å²) in [5.74, 6) is 0.675. The minimum Gasteiger partial charge on any atom is -0.350 e. The van der Waals surface area contributed by atoms with Crippen molar-refractivity contribution in [1.82, 2.24) is 9.88 Å². The minimum absolute atomic E-state index is 0.675. The number of anilines is 1. The second-order valence-corrected chi connectivity index (χ2v) is 8.59. The molecule has 1 aromatic carbocycles. The molecule has 4 rings (SSSR count). The number of thiophene rings is 1. The van der Waals surface area contributed by atoms with Crippen LogP contribution in [0.1, 0.15) is 29.9 Å². The summed E-state index contributed by atoms with van der Waals surface area (Å²) in [7, 11) is 2.21. The summed E-state index contributed by atoms with van der Waals surface area (Å²) in [4.78, 5) is 10.9. The number of fused-ring (bicyclic) bond motifs is 2. The largest absolute Gasteiger partial charge is 0.350 e. The lowest BCUT2D eigenvalue weighted by Gasteiger charge is -2.35. The maximum absolute atomic E-state index is 4.49. The molecule has 0 saturated carbocycles. The van der Waals surface area contributed by atoms with Crippen LogP contribution in [-0.2, 0) is 13.0 Å². The van der Waals surface area contributed by atoms with E-state index < -0.39 is 0 Å². The van der Waals surface area contributed by atoms with Gasteiger partial charge in [0.15, 0.2) is 0 Å². The van der Waals surface area contributed by atoms with Gasteiger partial charge in [-0.25, -0.2) is 0 Å². The molecule has 0 fully saturated rings. The maximum Gasteiger partial charge on any atom is 0.0967 e. The quantitative estimate of drug-likeness (QED) is 0.676. The van der Waals surface area contributed by atoms with Crippen molar-refractivity contribution in [3.63, 3.8) is 0 Å². The molecule has 1 aliphatic heterocycles. The minimum atomic E-state index is 0.675. The van der Waals surface area contributed by atoms with Crippen molar-refractivity contribution in [2.24, 2.45) is 5.92 Å². The zero-order valence-corrected chi connectivity index (χ0v) is 16.0. The number of rotatable bonds is 4. The van der Waals surface area contributed by atoms with Gasteiger partial charge in [-0.1, -0.05) is 32.0 Å². The Morgan fingerprint density at radius 3 is 2.88 bits per heavy atom. The summed E-state index contributed by atoms with van der Waals surface area (Å²) < 4.78 is 0. The highest BCUT2D eigenvalue weighted by Crippen LogP contribution is 2.37. The SMILES string of the molecule is CC(C)CN1CN(C)Cc2cc(Cc3ccnc4ccccc34)sc21. The Bertz CT molecular complexity index is 878. The predicted octanol–water partition coefficient (Wildman–Crippen LogP) is 4.75. The summed E-state index contributed by atoms with van der Waals surface area (Å²) in [6.07, 6.45) is 2.92. The van der Waals surface area contributed by atoms with E-state index in [0.29, 0.717) is 5.92 Å². The topological polar surface area (TPSA) is 19.4 Å². The fourth-order valence-electron chi connectivity index (χ4n) is 3.72. The number of nitrogens with zero attached hydrogens (tertiary/aromatic N) is 3. The molecule has 130 valence electrons. The van der Waals surface area contributed by atoms with Gasteiger partial charge < -0.3 is 4.90 Å². The average Bonchev–Trinajstić information content (AvgIpc) is 2.97. The first-order valence-electron chi connectivity index (χ1n) is 8.98. The van der Waals surface area contributed by atoms with E-state index in [4.69, 9.17) is 0 Å². The van der Waals surface area contributed by atoms with Crippen molar-refractivity contribution in [3.05, 3.63) is 58.6 Å². The second-order valence-electron chi connectivity index (χ2n) is 7.48. The van der Waals surface area contributed by atoms with Crippen molar-refractivity contribution in [2.45, 2.75) is 26.8 Å². The molecule has 0 spiro atoms. The van der Waals surface area contributed by atoms with Crippen LogP contribution < -0.4 is 4.90 Å². The van der Waals surface area contributed by atoms with Gasteiger partial charge >= 0.3 is 0 Å². The highest BCUT2D eigenvalue weighted by Gasteiger charge is 2.23. The second kappa shape index (κ2) is 6.77. The van der Waals surface area contributed by atoms with Crippen molar-refractivity contribution in [2.75, 3.05) is 25.2 Å². The number of pyridine rings is 1. The molecule has 0 radical (unpaired) electrons. The Morgan fingerprint density at radius 2 is 2.04 bits per heavy atom. The van der Waals surface area contributed by atoms with Gasteiger partial charge in [-0.05, 0) is 36.7 Å². The van der Waals surface area contributed by atoms with E-state index in [2.05, 4.69) is 72.1 Å². The van der Waals surface area contributed by atoms with Gasteiger partial charge in [0.05, 0.1) is 17.2 Å². The number of hydrogen-bond acceptors (Lipinski definition) is 4. The van der Waals surface area contributed by atoms with Crippen LogP contribution >= 0.6 is 11.3 Å². The molecule has 3 nitrogen and oxygen atoms in total. The van der Waals surface area contributed by atoms with Gasteiger partial charge in [-0.2, -0.15) is 0 Å². The first-order valence-corrected chi connectivity index (χ1v) is 9.79. The fraction of sp³-hybridized carbons (Fsp3) is 0.381. The first kappa shape index (κ1) is 16.6. The van der Waals surface area contributed by atoms with Crippen LogP contribution in [0.4, 0.5) is 5.00 Å². The number of aromatic nitrogens is 1. The van der Waals surface area contributed by atoms with E-state index in [1.165, 1.54) is 26.4 Å². The molecule has 0 amide bonds. The molecule has 1 aliphatic rings. The van der Waals surface area contributed by atoms with Crippen molar-refractivity contribution in [1.29, 1.82) is 0 Å². The molecule has 0 saturated heterocycles. The van der Waals surface area contributed by atoms with E-state index >= 15 is 0 Å². The Morgan fingerprint density at radius 1 is 1.20 bits per heavy atom.